The molecule has 5 rings (SSSR count). The molecule has 0 radical (unpaired) electrons. The molecule has 12 nitrogen and oxygen atoms in total. The van der Waals surface area contributed by atoms with E-state index in [9.17, 15) is 29.7 Å². The van der Waals surface area contributed by atoms with Gasteiger partial charge in [-0.25, -0.2) is 0 Å². The zero-order valence-electron chi connectivity index (χ0n) is 33.9. The number of ether oxygens (including phenoxy) is 2. The summed E-state index contributed by atoms with van der Waals surface area (Å²) in [5, 5.41) is 38.7. The maximum absolute atomic E-state index is 14.7. The number of nitrogens with zero attached hydrogens (tertiary/aromatic N) is 2. The Morgan fingerprint density at radius 2 is 1.78 bits per heavy atom. The standard InChI is InChI=1S/C43H60N4O8/c1-10-11-17-28(20-44)41-45-32-29-30-36(50)26(7)39-31(29)40(52)43(9,55-39)18-13-16-22(3)38(54-27(8)48)25(6)35(49)24(5)19-21(2)14-12-15-23(4)42(53)47-34(37(30)51)33(32)46-41/h12,14-15,21-22,24-25,28,35,38,41,49-51H,10-11,13,16-20,44H2,1-9H3,(H,47,53)/b14-12+,23-15-/t21-,22+,24+,25+,28?,35+,38+,41?,43+/m0/s1. The number of esters is 1. The Hall–Kier alpha value is -4.29. The summed E-state index contributed by atoms with van der Waals surface area (Å²) in [6, 6.07) is 0. The van der Waals surface area contributed by atoms with Gasteiger partial charge in [-0.1, -0.05) is 65.7 Å². The van der Waals surface area contributed by atoms with E-state index >= 15 is 0 Å². The number of fused-ring (bicyclic) bond motifs is 1. The van der Waals surface area contributed by atoms with Gasteiger partial charge >= 0.3 is 5.97 Å². The van der Waals surface area contributed by atoms with Crippen LogP contribution in [0.15, 0.2) is 33.8 Å². The fourth-order valence-electron chi connectivity index (χ4n) is 8.61. The molecule has 6 N–H and O–H groups in total. The maximum Gasteiger partial charge on any atom is 0.302 e. The molecule has 9 atom stereocenters. The van der Waals surface area contributed by atoms with Gasteiger partial charge in [0.25, 0.3) is 5.91 Å². The summed E-state index contributed by atoms with van der Waals surface area (Å²) in [4.78, 5) is 50.6. The number of amides is 1. The average Bonchev–Trinajstić information content (AvgIpc) is 3.68. The van der Waals surface area contributed by atoms with Crippen LogP contribution >= 0.6 is 0 Å². The molecule has 0 saturated carbocycles. The molecule has 0 spiro atoms. The van der Waals surface area contributed by atoms with Gasteiger partial charge < -0.3 is 35.8 Å². The van der Waals surface area contributed by atoms with Crippen LogP contribution in [0.2, 0.25) is 0 Å². The first-order valence-electron chi connectivity index (χ1n) is 19.9. The highest BCUT2D eigenvalue weighted by Crippen LogP contribution is 2.50. The van der Waals surface area contributed by atoms with Crippen molar-refractivity contribution in [3.8, 4) is 17.2 Å². The second kappa shape index (κ2) is 16.8. The molecule has 3 aliphatic heterocycles. The Morgan fingerprint density at radius 3 is 2.44 bits per heavy atom. The van der Waals surface area contributed by atoms with Crippen molar-refractivity contribution in [2.45, 2.75) is 131 Å². The van der Waals surface area contributed by atoms with Crippen LogP contribution in [0.5, 0.6) is 17.2 Å². The van der Waals surface area contributed by atoms with Gasteiger partial charge in [0.05, 0.1) is 22.4 Å². The quantitative estimate of drug-likeness (QED) is 0.171. The number of anilines is 1. The van der Waals surface area contributed by atoms with E-state index in [1.165, 1.54) is 6.92 Å². The zero-order chi connectivity index (χ0) is 40.5. The molecule has 2 unspecified atom stereocenters. The van der Waals surface area contributed by atoms with E-state index in [2.05, 4.69) is 12.2 Å². The number of aromatic hydroxyl groups is 2. The van der Waals surface area contributed by atoms with E-state index in [-0.39, 0.29) is 85.2 Å². The number of hydrogen-bond donors (Lipinski definition) is 5. The van der Waals surface area contributed by atoms with Gasteiger partial charge in [-0.15, -0.1) is 0 Å². The van der Waals surface area contributed by atoms with Gasteiger partial charge in [0.1, 0.15) is 34.8 Å². The summed E-state index contributed by atoms with van der Waals surface area (Å²) in [6.45, 7) is 16.7. The normalized spacial score (nSPS) is 30.9. The van der Waals surface area contributed by atoms with Gasteiger partial charge in [0, 0.05) is 35.3 Å². The topological polar surface area (TPSA) is 193 Å². The number of nitrogens with two attached hydrogens (primary N) is 1. The largest absolute Gasteiger partial charge is 0.507 e. The first-order valence-corrected chi connectivity index (χ1v) is 19.9. The molecule has 1 amide bonds. The predicted molar refractivity (Wildman–Crippen MR) is 212 cm³/mol. The lowest BCUT2D eigenvalue weighted by atomic mass is 9.79. The number of aliphatic hydroxyl groups excluding tert-OH is 1. The Bertz CT molecular complexity index is 2020. The number of carbonyl (C=O) groups is 3. The first-order chi connectivity index (χ1) is 25.9. The Kier molecular flexibility index (Phi) is 12.8. The highest BCUT2D eigenvalue weighted by molar-refractivity contribution is 6.20. The van der Waals surface area contributed by atoms with Gasteiger partial charge in [-0.3, -0.25) is 24.4 Å². The summed E-state index contributed by atoms with van der Waals surface area (Å²) >= 11 is 0. The van der Waals surface area contributed by atoms with Crippen LogP contribution in [-0.2, 0) is 14.3 Å². The Morgan fingerprint density at radius 1 is 1.09 bits per heavy atom. The fraction of sp³-hybridized carbons (Fsp3) is 0.605. The lowest BCUT2D eigenvalue weighted by Crippen LogP contribution is -2.41. The summed E-state index contributed by atoms with van der Waals surface area (Å²) in [5.74, 6) is -2.48. The summed E-state index contributed by atoms with van der Waals surface area (Å²) in [7, 11) is 0. The number of allylic oxidation sites excluding steroid dienone is 3. The zero-order valence-corrected chi connectivity index (χ0v) is 33.9. The molecule has 3 aliphatic rings. The van der Waals surface area contributed by atoms with Crippen molar-refractivity contribution in [2.75, 3.05) is 11.9 Å². The minimum Gasteiger partial charge on any atom is -0.507 e. The van der Waals surface area contributed by atoms with E-state index in [0.717, 1.165) is 19.3 Å². The maximum atomic E-state index is 14.7. The SMILES string of the molecule is CCCCC(CN)C1N=c2c3c(O)c4c(O)c(C)c5c(c4c2=N1)C(=O)[C@@](C)(CCC[C@@H](C)[C@@H](OC(C)=O)[C@H](C)[C@H](O)[C@H](C)C[C@@H](C)/C=C/C=C(/C)C(=O)N3)O5. The van der Waals surface area contributed by atoms with Gasteiger partial charge in [-0.2, -0.15) is 0 Å². The lowest BCUT2D eigenvalue weighted by molar-refractivity contribution is -0.156. The molecule has 3 heterocycles. The van der Waals surface area contributed by atoms with Crippen LogP contribution in [0, 0.1) is 36.5 Å². The number of ketones is 1. The minimum atomic E-state index is -1.32. The first kappa shape index (κ1) is 41.9. The Balaban J connectivity index is 1.71. The van der Waals surface area contributed by atoms with Crippen LogP contribution < -0.4 is 26.5 Å². The van der Waals surface area contributed by atoms with Crippen molar-refractivity contribution < 1.29 is 39.2 Å². The van der Waals surface area contributed by atoms with E-state index < -0.39 is 41.6 Å². The molecule has 0 aromatic heterocycles. The van der Waals surface area contributed by atoms with Gasteiger partial charge in [0.2, 0.25) is 5.78 Å². The van der Waals surface area contributed by atoms with Crippen molar-refractivity contribution in [1.29, 1.82) is 0 Å². The molecule has 2 aromatic rings. The number of aliphatic hydroxyl groups is 1. The molecule has 0 saturated heterocycles. The minimum absolute atomic E-state index is 0.00877. The van der Waals surface area contributed by atoms with Crippen molar-refractivity contribution in [3.05, 3.63) is 45.6 Å². The van der Waals surface area contributed by atoms with E-state index in [4.69, 9.17) is 25.2 Å². The third-order valence-electron chi connectivity index (χ3n) is 12.0. The fourth-order valence-corrected chi connectivity index (χ4v) is 8.61. The molecular weight excluding hydrogens is 700 g/mol. The monoisotopic (exact) mass is 760 g/mol. The van der Waals surface area contributed by atoms with Crippen LogP contribution in [0.4, 0.5) is 5.69 Å². The number of nitrogens with one attached hydrogen (secondary N) is 1. The number of phenols is 2. The van der Waals surface area contributed by atoms with Crippen molar-refractivity contribution in [3.63, 3.8) is 0 Å². The van der Waals surface area contributed by atoms with Crippen molar-refractivity contribution >= 4 is 34.1 Å². The molecule has 0 fully saturated rings. The van der Waals surface area contributed by atoms with Crippen LogP contribution in [-0.4, -0.2) is 63.5 Å². The molecule has 2 aromatic carbocycles. The molecule has 55 heavy (non-hydrogen) atoms. The Labute approximate surface area is 324 Å². The number of hydrogen-bond acceptors (Lipinski definition) is 11. The van der Waals surface area contributed by atoms with Crippen LogP contribution in [0.25, 0.3) is 10.8 Å². The lowest BCUT2D eigenvalue weighted by Gasteiger charge is -2.35. The molecule has 4 bridgehead atoms. The van der Waals surface area contributed by atoms with Gasteiger partial charge in [-0.05, 0) is 77.2 Å². The highest BCUT2D eigenvalue weighted by Gasteiger charge is 2.47. The number of phenolic OH excluding ortho intramolecular Hbond substituents is 2. The van der Waals surface area contributed by atoms with E-state index in [0.29, 0.717) is 37.8 Å². The molecule has 12 heteroatoms. The predicted octanol–water partition coefficient (Wildman–Crippen LogP) is 6.09. The summed E-state index contributed by atoms with van der Waals surface area (Å²) < 4.78 is 12.3. The number of rotatable bonds is 6. The smallest absolute Gasteiger partial charge is 0.302 e. The molecule has 300 valence electrons. The second-order valence-corrected chi connectivity index (χ2v) is 16.5. The third-order valence-corrected chi connectivity index (χ3v) is 12.0. The average molecular weight is 761 g/mol. The molecule has 0 aliphatic carbocycles. The van der Waals surface area contributed by atoms with Crippen LogP contribution in [0.3, 0.4) is 0 Å². The number of benzene rings is 2. The van der Waals surface area contributed by atoms with E-state index in [1.807, 2.05) is 33.8 Å². The molecular formula is C43H60N4O8. The second-order valence-electron chi connectivity index (χ2n) is 16.5. The summed E-state index contributed by atoms with van der Waals surface area (Å²) in [5.41, 5.74) is 5.72. The van der Waals surface area contributed by atoms with Crippen molar-refractivity contribution in [1.82, 2.24) is 0 Å². The number of unbranched alkanes of at least 4 members (excludes halogenated alkanes) is 1. The summed E-state index contributed by atoms with van der Waals surface area (Å²) in [6.07, 6.45) is 8.17. The highest BCUT2D eigenvalue weighted by atomic mass is 16.5. The number of carbonyl (C=O) groups excluding carboxylic acids is 3. The third kappa shape index (κ3) is 8.17. The van der Waals surface area contributed by atoms with Crippen molar-refractivity contribution in [2.24, 2.45) is 45.3 Å². The van der Waals surface area contributed by atoms with Crippen LogP contribution in [0.1, 0.15) is 116 Å². The number of Topliss-reactive ketones (excluding diaryl/α,β-unsaturated/α-hetero) is 1. The van der Waals surface area contributed by atoms with E-state index in [1.54, 1.807) is 32.9 Å². The van der Waals surface area contributed by atoms with Gasteiger partial charge in [0.15, 0.2) is 11.4 Å².